The first-order valence-corrected chi connectivity index (χ1v) is 14.8. The molecule has 5 heterocycles. The number of hydrogen-bond acceptors (Lipinski definition) is 9. The van der Waals surface area contributed by atoms with Gasteiger partial charge in [-0.2, -0.15) is 10.2 Å². The Bertz CT molecular complexity index is 1740. The Hall–Kier alpha value is -4.60. The number of nitrogens with zero attached hydrogens (tertiary/aromatic N) is 6. The minimum Gasteiger partial charge on any atom is -0.483 e. The molecule has 1 unspecified atom stereocenters. The van der Waals surface area contributed by atoms with Crippen molar-refractivity contribution in [3.05, 3.63) is 77.3 Å². The number of carboxylic acids is 1. The number of nitriles is 1. The summed E-state index contributed by atoms with van der Waals surface area (Å²) in [5.74, 6) is 0.202. The van der Waals surface area contributed by atoms with Crippen LogP contribution in [-0.4, -0.2) is 66.4 Å². The van der Waals surface area contributed by atoms with Gasteiger partial charge in [0.25, 0.3) is 0 Å². The van der Waals surface area contributed by atoms with Crippen molar-refractivity contribution in [3.63, 3.8) is 0 Å². The van der Waals surface area contributed by atoms with Crippen molar-refractivity contribution in [1.82, 2.24) is 24.4 Å². The number of ether oxygens (including phenoxy) is 3. The first-order valence-electron chi connectivity index (χ1n) is 14.8. The molecule has 4 atom stereocenters. The Labute approximate surface area is 252 Å². The summed E-state index contributed by atoms with van der Waals surface area (Å²) in [4.78, 5) is 27.8. The van der Waals surface area contributed by atoms with E-state index in [1.807, 2.05) is 6.07 Å². The van der Waals surface area contributed by atoms with Gasteiger partial charge in [-0.1, -0.05) is 0 Å². The molecular weight excluding hydrogens is 567 g/mol. The number of carbonyl (C=O) groups is 1. The van der Waals surface area contributed by atoms with Gasteiger partial charge in [-0.3, -0.25) is 4.90 Å². The normalized spacial score (nSPS) is 22.8. The number of benzene rings is 2. The van der Waals surface area contributed by atoms with E-state index in [0.29, 0.717) is 36.9 Å². The van der Waals surface area contributed by atoms with Crippen LogP contribution in [0.5, 0.6) is 11.6 Å². The zero-order chi connectivity index (χ0) is 30.2. The standard InChI is InChI=1S/C32H31FN6O5/c33-25-11-19(15-34)1-6-28(25)43-18-29-35-9-7-31(37-29)44-24-13-21-3-4-22(14-24)38(21)17-30-36-26-5-2-20(32(40)41)12-27(26)39(30)16-23-8-10-42-23/h1-2,5-7,9,11-12,21-24H,3-4,8,10,13-14,16-18H2,(H,40,41)/t21-,22+,23-,24?/m0/s1. The highest BCUT2D eigenvalue weighted by molar-refractivity contribution is 5.92. The highest BCUT2D eigenvalue weighted by Crippen LogP contribution is 2.38. The molecule has 0 aliphatic carbocycles. The lowest BCUT2D eigenvalue weighted by atomic mass is 9.99. The molecule has 0 spiro atoms. The maximum Gasteiger partial charge on any atom is 0.335 e. The number of rotatable bonds is 10. The molecular formula is C32H31FN6O5. The van der Waals surface area contributed by atoms with Crippen LogP contribution in [0.25, 0.3) is 11.0 Å². The Morgan fingerprint density at radius 3 is 2.64 bits per heavy atom. The summed E-state index contributed by atoms with van der Waals surface area (Å²) in [6.45, 7) is 2.04. The van der Waals surface area contributed by atoms with E-state index in [4.69, 9.17) is 24.5 Å². The average Bonchev–Trinajstić information content (AvgIpc) is 3.45. The molecule has 0 amide bonds. The molecule has 2 aromatic heterocycles. The van der Waals surface area contributed by atoms with Crippen LogP contribution in [-0.2, 0) is 24.4 Å². The Kier molecular flexibility index (Phi) is 7.57. The molecule has 3 fully saturated rings. The summed E-state index contributed by atoms with van der Waals surface area (Å²) in [6.07, 6.45) is 6.51. The molecule has 7 rings (SSSR count). The predicted octanol–water partition coefficient (Wildman–Crippen LogP) is 4.48. The summed E-state index contributed by atoms with van der Waals surface area (Å²) in [7, 11) is 0. The Morgan fingerprint density at radius 2 is 1.93 bits per heavy atom. The molecule has 0 radical (unpaired) electrons. The van der Waals surface area contributed by atoms with Gasteiger partial charge in [0.05, 0.1) is 47.4 Å². The van der Waals surface area contributed by atoms with Gasteiger partial charge in [-0.25, -0.2) is 19.2 Å². The topological polar surface area (TPSA) is 136 Å². The maximum atomic E-state index is 14.2. The second-order valence-electron chi connectivity index (χ2n) is 11.6. The number of fused-ring (bicyclic) bond motifs is 3. The number of halogens is 1. The molecule has 2 bridgehead atoms. The van der Waals surface area contributed by atoms with Gasteiger partial charge < -0.3 is 23.9 Å². The van der Waals surface area contributed by atoms with Crippen molar-refractivity contribution in [2.24, 2.45) is 0 Å². The maximum absolute atomic E-state index is 14.2. The van der Waals surface area contributed by atoms with Crippen molar-refractivity contribution in [3.8, 4) is 17.7 Å². The summed E-state index contributed by atoms with van der Waals surface area (Å²) < 4.78 is 33.9. The van der Waals surface area contributed by atoms with Crippen LogP contribution in [0.1, 0.15) is 59.7 Å². The van der Waals surface area contributed by atoms with Crippen LogP contribution in [0, 0.1) is 17.1 Å². The lowest BCUT2D eigenvalue weighted by Crippen LogP contribution is -2.46. The Balaban J connectivity index is 1.02. The molecule has 1 N–H and O–H groups in total. The molecule has 2 aromatic carbocycles. The number of piperidine rings is 1. The van der Waals surface area contributed by atoms with E-state index >= 15 is 0 Å². The second-order valence-corrected chi connectivity index (χ2v) is 11.6. The third-order valence-corrected chi connectivity index (χ3v) is 8.80. The lowest BCUT2D eigenvalue weighted by molar-refractivity contribution is -0.0594. The highest BCUT2D eigenvalue weighted by atomic mass is 19.1. The van der Waals surface area contributed by atoms with E-state index in [1.54, 1.807) is 30.5 Å². The average molecular weight is 599 g/mol. The van der Waals surface area contributed by atoms with E-state index < -0.39 is 11.8 Å². The molecule has 3 saturated heterocycles. The lowest BCUT2D eigenvalue weighted by Gasteiger charge is -2.38. The quantitative estimate of drug-likeness (QED) is 0.278. The second kappa shape index (κ2) is 11.8. The predicted molar refractivity (Wildman–Crippen MR) is 155 cm³/mol. The van der Waals surface area contributed by atoms with Crippen molar-refractivity contribution in [2.45, 2.75) is 76.1 Å². The number of imidazole rings is 1. The molecule has 12 heteroatoms. The van der Waals surface area contributed by atoms with Crippen molar-refractivity contribution < 1.29 is 28.5 Å². The van der Waals surface area contributed by atoms with Gasteiger partial charge in [0.1, 0.15) is 18.5 Å². The minimum absolute atomic E-state index is 0.0105. The zero-order valence-electron chi connectivity index (χ0n) is 23.9. The fraction of sp³-hybridized carbons (Fsp3) is 0.406. The van der Waals surface area contributed by atoms with E-state index in [1.165, 1.54) is 12.1 Å². The molecule has 3 aliphatic rings. The molecule has 226 valence electrons. The van der Waals surface area contributed by atoms with Gasteiger partial charge in [0, 0.05) is 31.0 Å². The fourth-order valence-electron chi connectivity index (χ4n) is 6.52. The Morgan fingerprint density at radius 1 is 1.11 bits per heavy atom. The highest BCUT2D eigenvalue weighted by Gasteiger charge is 2.42. The van der Waals surface area contributed by atoms with E-state index in [0.717, 1.165) is 61.6 Å². The van der Waals surface area contributed by atoms with Crippen molar-refractivity contribution >= 4 is 17.0 Å². The van der Waals surface area contributed by atoms with E-state index in [2.05, 4.69) is 19.4 Å². The van der Waals surface area contributed by atoms with Crippen LogP contribution < -0.4 is 9.47 Å². The molecule has 0 saturated carbocycles. The minimum atomic E-state index is -0.954. The third-order valence-electron chi connectivity index (χ3n) is 8.80. The van der Waals surface area contributed by atoms with Crippen LogP contribution in [0.4, 0.5) is 4.39 Å². The molecule has 11 nitrogen and oxygen atoms in total. The van der Waals surface area contributed by atoms with E-state index in [9.17, 15) is 14.3 Å². The van der Waals surface area contributed by atoms with Crippen LogP contribution >= 0.6 is 0 Å². The fourth-order valence-corrected chi connectivity index (χ4v) is 6.52. The first-order chi connectivity index (χ1) is 21.4. The largest absolute Gasteiger partial charge is 0.483 e. The van der Waals surface area contributed by atoms with Gasteiger partial charge in [-0.15, -0.1) is 0 Å². The SMILES string of the molecule is N#Cc1ccc(OCc2nccc(OC3C[C@H]4CC[C@@H](C3)N4Cc3nc4ccc(C(=O)O)cc4n3C[C@@H]3CCO3)n2)c(F)c1. The first kappa shape index (κ1) is 28.2. The molecule has 4 aromatic rings. The van der Waals surface area contributed by atoms with Gasteiger partial charge >= 0.3 is 5.97 Å². The summed E-state index contributed by atoms with van der Waals surface area (Å²) >= 11 is 0. The van der Waals surface area contributed by atoms with Gasteiger partial charge in [0.2, 0.25) is 5.88 Å². The monoisotopic (exact) mass is 598 g/mol. The van der Waals surface area contributed by atoms with Crippen LogP contribution in [0.15, 0.2) is 48.7 Å². The number of carboxylic acid groups (broad SMARTS) is 1. The van der Waals surface area contributed by atoms with Crippen LogP contribution in [0.2, 0.25) is 0 Å². The third kappa shape index (κ3) is 5.68. The summed E-state index contributed by atoms with van der Waals surface area (Å²) in [6, 6.07) is 13.4. The van der Waals surface area contributed by atoms with Crippen molar-refractivity contribution in [2.75, 3.05) is 6.61 Å². The number of aromatic nitrogens is 4. The van der Waals surface area contributed by atoms with Gasteiger partial charge in [-0.05, 0) is 68.5 Å². The molecule has 3 aliphatic heterocycles. The van der Waals surface area contributed by atoms with Gasteiger partial charge in [0.15, 0.2) is 17.4 Å². The molecule has 44 heavy (non-hydrogen) atoms. The summed E-state index contributed by atoms with van der Waals surface area (Å²) in [5.41, 5.74) is 2.09. The van der Waals surface area contributed by atoms with Crippen LogP contribution in [0.3, 0.4) is 0 Å². The summed E-state index contributed by atoms with van der Waals surface area (Å²) in [5, 5.41) is 18.5. The smallest absolute Gasteiger partial charge is 0.335 e. The van der Waals surface area contributed by atoms with E-state index in [-0.39, 0.29) is 35.7 Å². The zero-order valence-corrected chi connectivity index (χ0v) is 23.9. The number of aromatic carboxylic acids is 1. The number of hydrogen-bond donors (Lipinski definition) is 1. The van der Waals surface area contributed by atoms with Crippen molar-refractivity contribution in [1.29, 1.82) is 5.26 Å².